The first-order valence-electron chi connectivity index (χ1n) is 6.65. The fourth-order valence-corrected chi connectivity index (χ4v) is 3.16. The van der Waals surface area contributed by atoms with E-state index >= 15 is 0 Å². The highest BCUT2D eigenvalue weighted by Gasteiger charge is 2.14. The number of rotatable bonds is 7. The number of sulfonamides is 1. The molecular weight excluding hydrogens is 290 g/mol. The molecule has 0 bridgehead atoms. The van der Waals surface area contributed by atoms with Crippen LogP contribution in [0, 0.1) is 6.92 Å². The monoisotopic (exact) mass is 309 g/mol. The van der Waals surface area contributed by atoms with E-state index in [0.29, 0.717) is 25.1 Å². The highest BCUT2D eigenvalue weighted by Crippen LogP contribution is 2.21. The van der Waals surface area contributed by atoms with Crippen molar-refractivity contribution in [1.29, 1.82) is 0 Å². The largest absolute Gasteiger partial charge is 0.496 e. The molecule has 0 aliphatic carbocycles. The number of hydrogen-bond acceptors (Lipinski definition) is 4. The van der Waals surface area contributed by atoms with Crippen molar-refractivity contribution < 1.29 is 13.2 Å². The summed E-state index contributed by atoms with van der Waals surface area (Å²) in [6, 6.07) is 4.81. The molecule has 2 N–H and O–H groups in total. The third-order valence-electron chi connectivity index (χ3n) is 3.11. The molecule has 0 saturated heterocycles. The number of nitrogens with zero attached hydrogens (tertiary/aromatic N) is 1. The maximum absolute atomic E-state index is 12.2. The fraction of sp³-hybridized carbons (Fsp3) is 0.357. The predicted octanol–water partition coefficient (Wildman–Crippen LogP) is 1.64. The standard InChI is InChI=1S/C14H19N3O3S/c1-11-10-12(5-6-13(11)20-2)21(18,19)17-7-3-4-14-15-8-9-16-14/h5-6,8-10,17H,3-4,7H2,1-2H3,(H,15,16). The average Bonchev–Trinajstić information content (AvgIpc) is 2.97. The van der Waals surface area contributed by atoms with E-state index in [1.807, 2.05) is 6.92 Å². The smallest absolute Gasteiger partial charge is 0.240 e. The van der Waals surface area contributed by atoms with Gasteiger partial charge in [0.2, 0.25) is 10.0 Å². The number of benzene rings is 1. The Morgan fingerprint density at radius 3 is 2.81 bits per heavy atom. The molecule has 0 radical (unpaired) electrons. The van der Waals surface area contributed by atoms with Gasteiger partial charge in [0.1, 0.15) is 11.6 Å². The molecule has 21 heavy (non-hydrogen) atoms. The first-order valence-corrected chi connectivity index (χ1v) is 8.14. The lowest BCUT2D eigenvalue weighted by atomic mass is 10.2. The molecule has 2 rings (SSSR count). The zero-order valence-corrected chi connectivity index (χ0v) is 12.9. The van der Waals surface area contributed by atoms with Gasteiger partial charge in [-0.1, -0.05) is 0 Å². The minimum atomic E-state index is -3.48. The van der Waals surface area contributed by atoms with Crippen molar-refractivity contribution >= 4 is 10.0 Å². The number of hydrogen-bond donors (Lipinski definition) is 2. The summed E-state index contributed by atoms with van der Waals surface area (Å²) in [6.45, 7) is 2.18. The van der Waals surface area contributed by atoms with Crippen LogP contribution in [0.3, 0.4) is 0 Å². The van der Waals surface area contributed by atoms with E-state index in [9.17, 15) is 8.42 Å². The summed E-state index contributed by atoms with van der Waals surface area (Å²) in [5, 5.41) is 0. The van der Waals surface area contributed by atoms with Gasteiger partial charge in [-0.2, -0.15) is 0 Å². The summed E-state index contributed by atoms with van der Waals surface area (Å²) >= 11 is 0. The van der Waals surface area contributed by atoms with Crippen LogP contribution in [0.2, 0.25) is 0 Å². The topological polar surface area (TPSA) is 84.1 Å². The van der Waals surface area contributed by atoms with Crippen LogP contribution >= 0.6 is 0 Å². The Morgan fingerprint density at radius 2 is 2.19 bits per heavy atom. The second-order valence-corrected chi connectivity index (χ2v) is 6.44. The van der Waals surface area contributed by atoms with Crippen LogP contribution < -0.4 is 9.46 Å². The number of ether oxygens (including phenoxy) is 1. The number of methoxy groups -OCH3 is 1. The van der Waals surface area contributed by atoms with Gasteiger partial charge in [-0.15, -0.1) is 0 Å². The summed E-state index contributed by atoms with van der Waals surface area (Å²) < 4.78 is 32.1. The van der Waals surface area contributed by atoms with E-state index in [1.54, 1.807) is 37.7 Å². The number of nitrogens with one attached hydrogen (secondary N) is 2. The normalized spacial score (nSPS) is 11.5. The molecule has 1 aromatic heterocycles. The van der Waals surface area contributed by atoms with Crippen LogP contribution in [0.15, 0.2) is 35.5 Å². The summed E-state index contributed by atoms with van der Waals surface area (Å²) in [7, 11) is -1.93. The van der Waals surface area contributed by atoms with Gasteiger partial charge in [-0.05, 0) is 37.1 Å². The number of aromatic nitrogens is 2. The van der Waals surface area contributed by atoms with Gasteiger partial charge in [0, 0.05) is 25.4 Å². The molecule has 0 amide bonds. The third kappa shape index (κ3) is 4.05. The Bertz CT molecular complexity index is 681. The summed E-state index contributed by atoms with van der Waals surface area (Å²) in [5.41, 5.74) is 0.788. The Kier molecular flexibility index (Phi) is 4.98. The lowest BCUT2D eigenvalue weighted by Gasteiger charge is -2.09. The molecule has 0 atom stereocenters. The van der Waals surface area contributed by atoms with E-state index in [-0.39, 0.29) is 4.90 Å². The van der Waals surface area contributed by atoms with E-state index in [2.05, 4.69) is 14.7 Å². The quantitative estimate of drug-likeness (QED) is 0.762. The third-order valence-corrected chi connectivity index (χ3v) is 4.57. The van der Waals surface area contributed by atoms with E-state index in [0.717, 1.165) is 11.4 Å². The average molecular weight is 309 g/mol. The Hall–Kier alpha value is -1.86. The highest BCUT2D eigenvalue weighted by atomic mass is 32.2. The summed E-state index contributed by atoms with van der Waals surface area (Å²) in [6.07, 6.45) is 4.82. The maximum atomic E-state index is 12.2. The first kappa shape index (κ1) is 15.5. The van der Waals surface area contributed by atoms with Crippen LogP contribution in [-0.4, -0.2) is 32.0 Å². The molecule has 0 aliphatic heterocycles. The van der Waals surface area contributed by atoms with E-state index in [1.165, 1.54) is 0 Å². The molecule has 114 valence electrons. The molecule has 1 aromatic carbocycles. The molecule has 6 nitrogen and oxygen atoms in total. The zero-order chi connectivity index (χ0) is 15.3. The molecule has 0 unspecified atom stereocenters. The van der Waals surface area contributed by atoms with Crippen LogP contribution in [0.25, 0.3) is 0 Å². The minimum Gasteiger partial charge on any atom is -0.496 e. The number of aromatic amines is 1. The molecule has 7 heteroatoms. The molecule has 0 saturated carbocycles. The number of imidazole rings is 1. The summed E-state index contributed by atoms with van der Waals surface area (Å²) in [4.78, 5) is 7.33. The van der Waals surface area contributed by atoms with E-state index in [4.69, 9.17) is 4.74 Å². The first-order chi connectivity index (χ1) is 10.0. The van der Waals surface area contributed by atoms with Crippen LogP contribution in [0.4, 0.5) is 0 Å². The Balaban J connectivity index is 1.93. The van der Waals surface area contributed by atoms with Gasteiger partial charge >= 0.3 is 0 Å². The zero-order valence-electron chi connectivity index (χ0n) is 12.1. The van der Waals surface area contributed by atoms with Crippen molar-refractivity contribution in [3.8, 4) is 5.75 Å². The molecule has 0 spiro atoms. The summed E-state index contributed by atoms with van der Waals surface area (Å²) in [5.74, 6) is 1.53. The van der Waals surface area contributed by atoms with Crippen LogP contribution in [-0.2, 0) is 16.4 Å². The Morgan fingerprint density at radius 1 is 1.38 bits per heavy atom. The van der Waals surface area contributed by atoms with Crippen molar-refractivity contribution in [3.63, 3.8) is 0 Å². The van der Waals surface area contributed by atoms with Crippen molar-refractivity contribution in [2.24, 2.45) is 0 Å². The highest BCUT2D eigenvalue weighted by molar-refractivity contribution is 7.89. The van der Waals surface area contributed by atoms with Gasteiger partial charge in [-0.3, -0.25) is 0 Å². The molecule has 2 aromatic rings. The SMILES string of the molecule is COc1ccc(S(=O)(=O)NCCCc2ncc[nH]2)cc1C. The maximum Gasteiger partial charge on any atom is 0.240 e. The van der Waals surface area contributed by atoms with Gasteiger partial charge < -0.3 is 9.72 Å². The molecule has 0 aliphatic rings. The van der Waals surface area contributed by atoms with Crippen LogP contribution in [0.1, 0.15) is 17.8 Å². The van der Waals surface area contributed by atoms with Crippen molar-refractivity contribution in [3.05, 3.63) is 42.0 Å². The molecular formula is C14H19N3O3S. The van der Waals surface area contributed by atoms with Gasteiger partial charge in [0.05, 0.1) is 12.0 Å². The van der Waals surface area contributed by atoms with Gasteiger partial charge in [0.15, 0.2) is 0 Å². The van der Waals surface area contributed by atoms with Crippen molar-refractivity contribution in [1.82, 2.24) is 14.7 Å². The van der Waals surface area contributed by atoms with Gasteiger partial charge in [-0.25, -0.2) is 18.1 Å². The van der Waals surface area contributed by atoms with E-state index < -0.39 is 10.0 Å². The lowest BCUT2D eigenvalue weighted by molar-refractivity contribution is 0.411. The number of H-pyrrole nitrogens is 1. The van der Waals surface area contributed by atoms with Crippen LogP contribution in [0.5, 0.6) is 5.75 Å². The minimum absolute atomic E-state index is 0.249. The number of aryl methyl sites for hydroxylation is 2. The fourth-order valence-electron chi connectivity index (χ4n) is 2.00. The Labute approximate surface area is 124 Å². The second kappa shape index (κ2) is 6.73. The van der Waals surface area contributed by atoms with Crippen molar-refractivity contribution in [2.45, 2.75) is 24.7 Å². The van der Waals surface area contributed by atoms with Gasteiger partial charge in [0.25, 0.3) is 0 Å². The second-order valence-electron chi connectivity index (χ2n) is 4.67. The van der Waals surface area contributed by atoms with Crippen molar-refractivity contribution in [2.75, 3.05) is 13.7 Å². The predicted molar refractivity (Wildman–Crippen MR) is 79.8 cm³/mol. The molecule has 0 fully saturated rings. The lowest BCUT2D eigenvalue weighted by Crippen LogP contribution is -2.25. The molecule has 1 heterocycles.